The van der Waals surface area contributed by atoms with Gasteiger partial charge in [0.1, 0.15) is 0 Å². The van der Waals surface area contributed by atoms with Crippen LogP contribution in [-0.4, -0.2) is 4.86 Å². The lowest BCUT2D eigenvalue weighted by Gasteiger charge is -2.05. The summed E-state index contributed by atoms with van der Waals surface area (Å²) in [5.41, 5.74) is 4.96. The van der Waals surface area contributed by atoms with Crippen molar-refractivity contribution in [2.24, 2.45) is 0 Å². The van der Waals surface area contributed by atoms with Gasteiger partial charge in [0.05, 0.1) is 4.86 Å². The third-order valence-electron chi connectivity index (χ3n) is 3.62. The fraction of sp³-hybridized carbons (Fsp3) is 0. The van der Waals surface area contributed by atoms with Crippen molar-refractivity contribution in [3.05, 3.63) is 71.8 Å². The predicted molar refractivity (Wildman–Crippen MR) is 80.2 cm³/mol. The number of thiocarbonyl (C=S) groups is 1. The lowest BCUT2D eigenvalue weighted by atomic mass is 9.99. The predicted octanol–water partition coefficient (Wildman–Crippen LogP) is 4.59. The molecule has 3 aromatic carbocycles. The number of hydrogen-bond acceptors (Lipinski definition) is 1. The Morgan fingerprint density at radius 1 is 0.611 bits per heavy atom. The topological polar surface area (TPSA) is 0 Å². The zero-order chi connectivity index (χ0) is 12.1. The molecule has 0 amide bonds. The van der Waals surface area contributed by atoms with Crippen LogP contribution in [0.5, 0.6) is 0 Å². The molecule has 84 valence electrons. The third kappa shape index (κ3) is 1.17. The molecular weight excluding hydrogens is 236 g/mol. The van der Waals surface area contributed by atoms with Gasteiger partial charge in [-0.15, -0.1) is 0 Å². The van der Waals surface area contributed by atoms with Crippen LogP contribution in [-0.2, 0) is 0 Å². The molecule has 1 aliphatic rings. The van der Waals surface area contributed by atoms with Crippen molar-refractivity contribution >= 4 is 27.9 Å². The molecule has 0 saturated carbocycles. The molecule has 4 rings (SSSR count). The van der Waals surface area contributed by atoms with Gasteiger partial charge in [-0.2, -0.15) is 0 Å². The smallest absolute Gasteiger partial charge is 0.0540 e. The largest absolute Gasteiger partial charge is 0.0787 e. The lowest BCUT2D eigenvalue weighted by molar-refractivity contribution is 1.66. The second-order valence-corrected chi connectivity index (χ2v) is 4.99. The highest BCUT2D eigenvalue weighted by Gasteiger charge is 2.24. The van der Waals surface area contributed by atoms with Crippen molar-refractivity contribution in [3.8, 4) is 11.1 Å². The third-order valence-corrected chi connectivity index (χ3v) is 4.04. The van der Waals surface area contributed by atoms with Crippen molar-refractivity contribution in [2.45, 2.75) is 0 Å². The summed E-state index contributed by atoms with van der Waals surface area (Å²) in [6.07, 6.45) is 0. The fourth-order valence-electron chi connectivity index (χ4n) is 2.79. The Kier molecular flexibility index (Phi) is 1.94. The van der Waals surface area contributed by atoms with E-state index in [2.05, 4.69) is 60.7 Å². The van der Waals surface area contributed by atoms with E-state index in [-0.39, 0.29) is 0 Å². The standard InChI is InChI=1S/C17H10S/c18-17-15-8-4-3-7-13(15)14-10-9-11-5-1-2-6-12(11)16(14)17/h1-10H. The first-order valence-corrected chi connectivity index (χ1v) is 6.43. The van der Waals surface area contributed by atoms with Crippen LogP contribution < -0.4 is 0 Å². The van der Waals surface area contributed by atoms with Gasteiger partial charge in [-0.05, 0) is 21.9 Å². The zero-order valence-corrected chi connectivity index (χ0v) is 10.5. The second-order valence-electron chi connectivity index (χ2n) is 4.58. The van der Waals surface area contributed by atoms with Gasteiger partial charge in [0.25, 0.3) is 0 Å². The Labute approximate surface area is 111 Å². The summed E-state index contributed by atoms with van der Waals surface area (Å²) in [5, 5.41) is 2.52. The van der Waals surface area contributed by atoms with Gasteiger partial charge in [-0.25, -0.2) is 0 Å². The summed E-state index contributed by atoms with van der Waals surface area (Å²) in [6.45, 7) is 0. The van der Waals surface area contributed by atoms with E-state index in [1.54, 1.807) is 0 Å². The normalized spacial score (nSPS) is 12.6. The maximum absolute atomic E-state index is 5.66. The highest BCUT2D eigenvalue weighted by molar-refractivity contribution is 7.81. The van der Waals surface area contributed by atoms with Crippen LogP contribution in [0.25, 0.3) is 21.9 Å². The Morgan fingerprint density at radius 2 is 1.33 bits per heavy atom. The second kappa shape index (κ2) is 3.50. The molecule has 1 heteroatoms. The first kappa shape index (κ1) is 9.98. The van der Waals surface area contributed by atoms with Crippen molar-refractivity contribution < 1.29 is 0 Å². The van der Waals surface area contributed by atoms with E-state index in [0.717, 1.165) is 4.86 Å². The minimum Gasteiger partial charge on any atom is -0.0787 e. The molecule has 0 aliphatic heterocycles. The molecular formula is C17H10S. The van der Waals surface area contributed by atoms with E-state index in [0.29, 0.717) is 0 Å². The van der Waals surface area contributed by atoms with Crippen LogP contribution in [0, 0.1) is 0 Å². The van der Waals surface area contributed by atoms with Crippen molar-refractivity contribution in [1.29, 1.82) is 0 Å². The molecule has 0 atom stereocenters. The number of benzene rings is 3. The van der Waals surface area contributed by atoms with Crippen molar-refractivity contribution in [2.75, 3.05) is 0 Å². The quantitative estimate of drug-likeness (QED) is 0.409. The molecule has 0 spiro atoms. The zero-order valence-electron chi connectivity index (χ0n) is 9.68. The minimum atomic E-state index is 0.984. The van der Waals surface area contributed by atoms with Gasteiger partial charge < -0.3 is 0 Å². The minimum absolute atomic E-state index is 0.984. The summed E-state index contributed by atoms with van der Waals surface area (Å²) < 4.78 is 0. The van der Waals surface area contributed by atoms with Crippen molar-refractivity contribution in [1.82, 2.24) is 0 Å². The number of rotatable bonds is 0. The highest BCUT2D eigenvalue weighted by Crippen LogP contribution is 2.40. The van der Waals surface area contributed by atoms with E-state index in [4.69, 9.17) is 12.2 Å². The van der Waals surface area contributed by atoms with Crippen LogP contribution in [0.1, 0.15) is 11.1 Å². The summed E-state index contributed by atoms with van der Waals surface area (Å²) in [5.74, 6) is 0. The molecule has 0 bridgehead atoms. The maximum Gasteiger partial charge on any atom is 0.0540 e. The summed E-state index contributed by atoms with van der Waals surface area (Å²) >= 11 is 5.66. The Balaban J connectivity index is 2.18. The van der Waals surface area contributed by atoms with Crippen molar-refractivity contribution in [3.63, 3.8) is 0 Å². The first-order chi connectivity index (χ1) is 8.86. The van der Waals surface area contributed by atoms with E-state index >= 15 is 0 Å². The molecule has 0 unspecified atom stereocenters. The molecule has 3 aromatic rings. The van der Waals surface area contributed by atoms with Gasteiger partial charge in [0, 0.05) is 11.1 Å². The Bertz CT molecular complexity index is 800. The first-order valence-electron chi connectivity index (χ1n) is 6.02. The molecule has 0 nitrogen and oxygen atoms in total. The van der Waals surface area contributed by atoms with E-state index < -0.39 is 0 Å². The monoisotopic (exact) mass is 246 g/mol. The fourth-order valence-corrected chi connectivity index (χ4v) is 3.19. The summed E-state index contributed by atoms with van der Waals surface area (Å²) in [7, 11) is 0. The van der Waals surface area contributed by atoms with Crippen LogP contribution in [0.4, 0.5) is 0 Å². The van der Waals surface area contributed by atoms with Crippen LogP contribution >= 0.6 is 12.2 Å². The molecule has 0 aromatic heterocycles. The average molecular weight is 246 g/mol. The van der Waals surface area contributed by atoms with E-state index in [1.807, 2.05) is 0 Å². The van der Waals surface area contributed by atoms with Gasteiger partial charge in [0.2, 0.25) is 0 Å². The lowest BCUT2D eigenvalue weighted by Crippen LogP contribution is -1.94. The summed E-state index contributed by atoms with van der Waals surface area (Å²) in [4.78, 5) is 0.984. The van der Waals surface area contributed by atoms with Gasteiger partial charge in [0.15, 0.2) is 0 Å². The van der Waals surface area contributed by atoms with Crippen LogP contribution in [0.3, 0.4) is 0 Å². The Hall–Kier alpha value is -1.99. The molecule has 0 radical (unpaired) electrons. The maximum atomic E-state index is 5.66. The molecule has 1 aliphatic carbocycles. The van der Waals surface area contributed by atoms with E-state index in [9.17, 15) is 0 Å². The molecule has 0 heterocycles. The van der Waals surface area contributed by atoms with Gasteiger partial charge in [-0.3, -0.25) is 0 Å². The van der Waals surface area contributed by atoms with Crippen LogP contribution in [0.2, 0.25) is 0 Å². The molecule has 0 saturated heterocycles. The van der Waals surface area contributed by atoms with E-state index in [1.165, 1.54) is 33.0 Å². The number of hydrogen-bond donors (Lipinski definition) is 0. The van der Waals surface area contributed by atoms with Gasteiger partial charge >= 0.3 is 0 Å². The molecule has 18 heavy (non-hydrogen) atoms. The molecule has 0 N–H and O–H groups in total. The summed E-state index contributed by atoms with van der Waals surface area (Å²) in [6, 6.07) is 21.2. The SMILES string of the molecule is S=C1c2ccccc2-c2ccc3ccccc3c21. The molecule has 0 fully saturated rings. The Morgan fingerprint density at radius 3 is 2.22 bits per heavy atom. The van der Waals surface area contributed by atoms with Crippen LogP contribution in [0.15, 0.2) is 60.7 Å². The average Bonchev–Trinajstić information content (AvgIpc) is 2.73. The highest BCUT2D eigenvalue weighted by atomic mass is 32.1. The number of fused-ring (bicyclic) bond motifs is 5. The van der Waals surface area contributed by atoms with Gasteiger partial charge in [-0.1, -0.05) is 72.9 Å².